The highest BCUT2D eigenvalue weighted by Crippen LogP contribution is 2.44. The number of anilines is 1. The Morgan fingerprint density at radius 2 is 1.81 bits per heavy atom. The van der Waals surface area contributed by atoms with Crippen molar-refractivity contribution in [1.82, 2.24) is 9.88 Å². The highest BCUT2D eigenvalue weighted by atomic mass is 16.5. The summed E-state index contributed by atoms with van der Waals surface area (Å²) in [6.07, 6.45) is 0.0335. The summed E-state index contributed by atoms with van der Waals surface area (Å²) in [7, 11) is 5.61. The molecule has 4 rings (SSSR count). The summed E-state index contributed by atoms with van der Waals surface area (Å²) in [6, 6.07) is 13.5. The van der Waals surface area contributed by atoms with Gasteiger partial charge in [0.2, 0.25) is 0 Å². The summed E-state index contributed by atoms with van der Waals surface area (Å²) < 4.78 is 5.36. The van der Waals surface area contributed by atoms with Crippen molar-refractivity contribution in [2.24, 2.45) is 0 Å². The van der Waals surface area contributed by atoms with Crippen LogP contribution in [-0.4, -0.2) is 43.0 Å². The largest absolute Gasteiger partial charge is 0.497 e. The second-order valence-electron chi connectivity index (χ2n) is 6.75. The molecule has 1 aromatic heterocycles. The van der Waals surface area contributed by atoms with Gasteiger partial charge in [-0.2, -0.15) is 0 Å². The number of hydrogen-bond donors (Lipinski definition) is 1. The molecule has 5 nitrogen and oxygen atoms in total. The fourth-order valence-electron chi connectivity index (χ4n) is 3.34. The zero-order valence-corrected chi connectivity index (χ0v) is 15.3. The van der Waals surface area contributed by atoms with Gasteiger partial charge in [0, 0.05) is 22.6 Å². The van der Waals surface area contributed by atoms with E-state index in [0.717, 1.165) is 33.3 Å². The second-order valence-corrected chi connectivity index (χ2v) is 6.75. The highest BCUT2D eigenvalue weighted by molar-refractivity contribution is 6.28. The standard InChI is InChI=1S/C21H21N3O2/c1-12(24(2)3)22-21-19-18(14-7-5-6-8-15(14)20(19)25)16-10-9-13(26-4)11-17(16)23-21/h5-12H,1-4H3,(H,22,23). The predicted octanol–water partition coefficient (Wildman–Crippen LogP) is 3.77. The SMILES string of the molecule is COc1ccc2c3c(c(NC(C)N(C)C)nc2c1)C(=O)c1ccccc1-3. The van der Waals surface area contributed by atoms with Crippen molar-refractivity contribution in [3.8, 4) is 16.9 Å². The van der Waals surface area contributed by atoms with E-state index < -0.39 is 0 Å². The Hall–Kier alpha value is -2.92. The first-order valence-electron chi connectivity index (χ1n) is 8.60. The molecule has 0 spiro atoms. The van der Waals surface area contributed by atoms with E-state index in [1.54, 1.807) is 7.11 Å². The van der Waals surface area contributed by atoms with E-state index in [0.29, 0.717) is 11.4 Å². The van der Waals surface area contributed by atoms with Crippen LogP contribution >= 0.6 is 0 Å². The summed E-state index contributed by atoms with van der Waals surface area (Å²) in [6.45, 7) is 2.04. The summed E-state index contributed by atoms with van der Waals surface area (Å²) >= 11 is 0. The highest BCUT2D eigenvalue weighted by Gasteiger charge is 2.32. The van der Waals surface area contributed by atoms with Crippen LogP contribution in [0.3, 0.4) is 0 Å². The van der Waals surface area contributed by atoms with Crippen LogP contribution in [0.4, 0.5) is 5.82 Å². The summed E-state index contributed by atoms with van der Waals surface area (Å²) in [5.74, 6) is 1.38. The van der Waals surface area contributed by atoms with Gasteiger partial charge in [0.15, 0.2) is 5.78 Å². The van der Waals surface area contributed by atoms with Crippen LogP contribution in [0.1, 0.15) is 22.8 Å². The second kappa shape index (κ2) is 6.11. The Morgan fingerprint density at radius 1 is 1.08 bits per heavy atom. The first-order chi connectivity index (χ1) is 12.5. The zero-order valence-electron chi connectivity index (χ0n) is 15.3. The smallest absolute Gasteiger partial charge is 0.198 e. The number of ketones is 1. The van der Waals surface area contributed by atoms with Crippen molar-refractivity contribution in [3.05, 3.63) is 53.6 Å². The summed E-state index contributed by atoms with van der Waals surface area (Å²) in [4.78, 5) is 19.9. The van der Waals surface area contributed by atoms with Crippen molar-refractivity contribution >= 4 is 22.5 Å². The van der Waals surface area contributed by atoms with Gasteiger partial charge < -0.3 is 10.1 Å². The van der Waals surface area contributed by atoms with E-state index >= 15 is 0 Å². The number of benzene rings is 2. The number of pyridine rings is 1. The van der Waals surface area contributed by atoms with Crippen molar-refractivity contribution in [2.45, 2.75) is 13.1 Å². The number of nitrogens with one attached hydrogen (secondary N) is 1. The van der Waals surface area contributed by atoms with Gasteiger partial charge in [-0.15, -0.1) is 0 Å². The minimum Gasteiger partial charge on any atom is -0.497 e. The van der Waals surface area contributed by atoms with E-state index in [9.17, 15) is 4.79 Å². The number of methoxy groups -OCH3 is 1. The number of rotatable bonds is 4. The molecule has 0 bridgehead atoms. The number of aromatic nitrogens is 1. The molecular weight excluding hydrogens is 326 g/mol. The van der Waals surface area contributed by atoms with Crippen molar-refractivity contribution in [3.63, 3.8) is 0 Å². The number of nitrogens with zero attached hydrogens (tertiary/aromatic N) is 2. The molecule has 132 valence electrons. The molecule has 1 N–H and O–H groups in total. The topological polar surface area (TPSA) is 54.5 Å². The van der Waals surface area contributed by atoms with Gasteiger partial charge in [0.1, 0.15) is 11.6 Å². The van der Waals surface area contributed by atoms with Gasteiger partial charge >= 0.3 is 0 Å². The van der Waals surface area contributed by atoms with E-state index in [4.69, 9.17) is 9.72 Å². The van der Waals surface area contributed by atoms with Gasteiger partial charge in [-0.05, 0) is 38.7 Å². The predicted molar refractivity (Wildman–Crippen MR) is 104 cm³/mol. The first kappa shape index (κ1) is 16.5. The van der Waals surface area contributed by atoms with Crippen LogP contribution in [0.15, 0.2) is 42.5 Å². The zero-order chi connectivity index (χ0) is 18.4. The average Bonchev–Trinajstić information content (AvgIpc) is 2.95. The van der Waals surface area contributed by atoms with Crippen LogP contribution in [0.2, 0.25) is 0 Å². The van der Waals surface area contributed by atoms with Crippen LogP contribution < -0.4 is 10.1 Å². The van der Waals surface area contributed by atoms with E-state index in [1.165, 1.54) is 0 Å². The molecule has 1 aliphatic carbocycles. The lowest BCUT2D eigenvalue weighted by molar-refractivity contribution is 0.104. The maximum absolute atomic E-state index is 13.1. The minimum atomic E-state index is 0.0225. The van der Waals surface area contributed by atoms with Gasteiger partial charge in [0.25, 0.3) is 0 Å². The quantitative estimate of drug-likeness (QED) is 0.570. The Morgan fingerprint density at radius 3 is 2.50 bits per heavy atom. The number of ether oxygens (including phenoxy) is 1. The molecule has 5 heteroatoms. The van der Waals surface area contributed by atoms with Gasteiger partial charge in [-0.1, -0.05) is 24.3 Å². The Bertz CT molecular complexity index is 1030. The van der Waals surface area contributed by atoms with Crippen molar-refractivity contribution < 1.29 is 9.53 Å². The van der Waals surface area contributed by atoms with Gasteiger partial charge in [-0.25, -0.2) is 4.98 Å². The number of hydrogen-bond acceptors (Lipinski definition) is 5. The summed E-state index contributed by atoms with van der Waals surface area (Å²) in [5, 5.41) is 4.35. The molecule has 1 heterocycles. The number of carbonyl (C=O) groups is 1. The molecule has 1 aliphatic rings. The Labute approximate surface area is 152 Å². The molecule has 0 aliphatic heterocycles. The molecule has 0 radical (unpaired) electrons. The molecule has 0 amide bonds. The molecule has 2 aromatic carbocycles. The fourth-order valence-corrected chi connectivity index (χ4v) is 3.34. The normalized spacial score (nSPS) is 13.7. The molecule has 1 unspecified atom stereocenters. The third-order valence-corrected chi connectivity index (χ3v) is 4.98. The molecule has 3 aromatic rings. The number of carbonyl (C=O) groups excluding carboxylic acids is 1. The first-order valence-corrected chi connectivity index (χ1v) is 8.60. The maximum Gasteiger partial charge on any atom is 0.198 e. The third kappa shape index (κ3) is 2.44. The van der Waals surface area contributed by atoms with E-state index in [1.807, 2.05) is 68.4 Å². The lowest BCUT2D eigenvalue weighted by Crippen LogP contribution is -2.33. The molecule has 0 saturated carbocycles. The van der Waals surface area contributed by atoms with Gasteiger partial charge in [-0.3, -0.25) is 9.69 Å². The molecule has 26 heavy (non-hydrogen) atoms. The molecule has 0 fully saturated rings. The van der Waals surface area contributed by atoms with Crippen molar-refractivity contribution in [2.75, 3.05) is 26.5 Å². The van der Waals surface area contributed by atoms with Crippen LogP contribution in [0.5, 0.6) is 5.75 Å². The Kier molecular flexibility index (Phi) is 3.89. The van der Waals surface area contributed by atoms with Crippen LogP contribution in [-0.2, 0) is 0 Å². The molecule has 1 atom stereocenters. The van der Waals surface area contributed by atoms with E-state index in [-0.39, 0.29) is 11.9 Å². The van der Waals surface area contributed by atoms with Crippen LogP contribution in [0, 0.1) is 0 Å². The van der Waals surface area contributed by atoms with Crippen molar-refractivity contribution in [1.29, 1.82) is 0 Å². The lowest BCUT2D eigenvalue weighted by atomic mass is 10.0. The minimum absolute atomic E-state index is 0.0225. The van der Waals surface area contributed by atoms with E-state index in [2.05, 4.69) is 5.32 Å². The maximum atomic E-state index is 13.1. The molecular formula is C21H21N3O2. The van der Waals surface area contributed by atoms with Gasteiger partial charge in [0.05, 0.1) is 24.4 Å². The third-order valence-electron chi connectivity index (χ3n) is 4.98. The monoisotopic (exact) mass is 347 g/mol. The fraction of sp³-hybridized carbons (Fsp3) is 0.238. The lowest BCUT2D eigenvalue weighted by Gasteiger charge is -2.23. The Balaban J connectivity index is 2.03. The summed E-state index contributed by atoms with van der Waals surface area (Å²) in [5.41, 5.74) is 4.10. The number of fused-ring (bicyclic) bond motifs is 5. The van der Waals surface area contributed by atoms with Crippen LogP contribution in [0.25, 0.3) is 22.0 Å². The average molecular weight is 347 g/mol. The molecule has 0 saturated heterocycles.